The number of nitrogens with two attached hydrogens (primary N) is 3. The summed E-state index contributed by atoms with van der Waals surface area (Å²) < 4.78 is 0. The molecule has 3 aromatic rings. The number of aliphatic hydroxyl groups excluding tert-OH is 2. The number of aromatic amines is 1. The molecule has 128 heavy (non-hydrogen) atoms. The van der Waals surface area contributed by atoms with Crippen LogP contribution in [0.1, 0.15) is 179 Å². The van der Waals surface area contributed by atoms with E-state index in [9.17, 15) is 107 Å². The van der Waals surface area contributed by atoms with Crippen molar-refractivity contribution < 1.29 is 112 Å². The summed E-state index contributed by atoms with van der Waals surface area (Å²) in [6.07, 6.45) is -3.36. The van der Waals surface area contributed by atoms with E-state index in [1.54, 1.807) is 116 Å². The van der Waals surface area contributed by atoms with Crippen molar-refractivity contribution in [1.82, 2.24) is 90.1 Å². The average Bonchev–Trinajstić information content (AvgIpc) is 0.974. The van der Waals surface area contributed by atoms with Crippen LogP contribution in [0.25, 0.3) is 10.9 Å². The Kier molecular flexibility index (Phi) is 46.8. The number of benzene rings is 2. The van der Waals surface area contributed by atoms with Crippen molar-refractivity contribution in [3.63, 3.8) is 0 Å². The number of hydrogen-bond donors (Lipinski definition) is 26. The molecule has 0 unspecified atom stereocenters. The number of para-hydroxylation sites is 1. The van der Waals surface area contributed by atoms with Gasteiger partial charge in [0.15, 0.2) is 5.96 Å². The molecule has 15 amide bonds. The van der Waals surface area contributed by atoms with Crippen LogP contribution >= 0.6 is 0 Å². The number of hydrogen-bond acceptors (Lipinski definition) is 23. The molecular formula is C84H133N21O23. The molecule has 21 atom stereocenters. The fourth-order valence-electron chi connectivity index (χ4n) is 13.1. The Morgan fingerprint density at radius 3 is 1.20 bits per heavy atom. The Bertz CT molecular complexity index is 4300. The highest BCUT2D eigenvalue weighted by Crippen LogP contribution is 2.22. The number of amides is 15. The molecule has 0 bridgehead atoms. The molecule has 0 aliphatic heterocycles. The molecule has 44 nitrogen and oxygen atoms in total. The summed E-state index contributed by atoms with van der Waals surface area (Å²) in [5.74, 6) is -22.4. The number of H-pyrrole nitrogens is 1. The molecule has 3 rings (SSSR count). The molecule has 0 fully saturated rings. The maximum atomic E-state index is 15.0. The van der Waals surface area contributed by atoms with Crippen LogP contribution in [-0.2, 0) is 99.1 Å². The van der Waals surface area contributed by atoms with Gasteiger partial charge in [-0.15, -0.1) is 0 Å². The minimum atomic E-state index is -1.96. The molecule has 0 saturated carbocycles. The Balaban J connectivity index is 1.95. The van der Waals surface area contributed by atoms with E-state index < -0.39 is 252 Å². The van der Waals surface area contributed by atoms with Crippen molar-refractivity contribution in [1.29, 1.82) is 5.41 Å². The summed E-state index contributed by atoms with van der Waals surface area (Å²) in [5.41, 5.74) is 18.5. The van der Waals surface area contributed by atoms with E-state index in [0.717, 1.165) is 13.8 Å². The van der Waals surface area contributed by atoms with E-state index in [-0.39, 0.29) is 83.2 Å². The molecule has 29 N–H and O–H groups in total. The second-order valence-corrected chi connectivity index (χ2v) is 32.7. The Morgan fingerprint density at radius 1 is 0.391 bits per heavy atom. The number of unbranched alkanes of at least 4 members (excludes halogenated alkanes) is 1. The SMILES string of the molecule is CC[C@H](C)[C@H](NC(=O)[C@H](CC(C)C)NC(=O)[C@H](Cc1c[nH]c2ccccc12)NC(=O)[C@H](C)NC(=O)[C@@H](NC(=O)[C@H](Cc1ccccc1)NC(=O)[C@H](CC(=O)O)NC(=O)[C@H](CCCNC(=N)N)NC(=O)[C@H](C)NC(=O)[C@H](C)N)[C@@H](C)CC)C(=O)N[C@@H](C)C(=O)N[C@H](C(=O)N[C@@H](CCCCN)C(=O)N[C@H](C(=O)N[C@H](C(=O)N[C@@H](CC(=O)O)C(=O)O)[C@@H](C)O)[C@@H](C)CC)[C@@H](C)O. The molecule has 1 aromatic heterocycles. The first kappa shape index (κ1) is 110. The fourth-order valence-corrected chi connectivity index (χ4v) is 13.1. The minimum absolute atomic E-state index is 0.0376. The van der Waals surface area contributed by atoms with E-state index in [1.807, 2.05) is 5.32 Å². The van der Waals surface area contributed by atoms with Crippen LogP contribution in [-0.4, -0.2) is 265 Å². The first-order valence-electron chi connectivity index (χ1n) is 42.8. The lowest BCUT2D eigenvalue weighted by atomic mass is 9.96. The topological polar surface area (TPSA) is 719 Å². The first-order valence-corrected chi connectivity index (χ1v) is 42.8. The lowest BCUT2D eigenvalue weighted by Crippen LogP contribution is -2.63. The third-order valence-corrected chi connectivity index (χ3v) is 21.4. The monoisotopic (exact) mass is 1800 g/mol. The predicted octanol–water partition coefficient (Wildman–Crippen LogP) is -4.00. The van der Waals surface area contributed by atoms with Crippen LogP contribution in [0.3, 0.4) is 0 Å². The third kappa shape index (κ3) is 36.9. The van der Waals surface area contributed by atoms with Gasteiger partial charge in [0.05, 0.1) is 31.1 Å². The Hall–Kier alpha value is -12.4. The van der Waals surface area contributed by atoms with E-state index in [2.05, 4.69) is 84.7 Å². The van der Waals surface area contributed by atoms with Crippen molar-refractivity contribution in [3.8, 4) is 0 Å². The minimum Gasteiger partial charge on any atom is -0.481 e. The van der Waals surface area contributed by atoms with Gasteiger partial charge >= 0.3 is 17.9 Å². The Morgan fingerprint density at radius 2 is 0.742 bits per heavy atom. The summed E-state index contributed by atoms with van der Waals surface area (Å²) in [6, 6.07) is -9.50. The summed E-state index contributed by atoms with van der Waals surface area (Å²) in [4.78, 5) is 251. The van der Waals surface area contributed by atoms with Crippen LogP contribution in [0, 0.1) is 29.1 Å². The lowest BCUT2D eigenvalue weighted by molar-refractivity contribution is -0.148. The van der Waals surface area contributed by atoms with Gasteiger partial charge in [0.1, 0.15) is 90.6 Å². The van der Waals surface area contributed by atoms with Crippen LogP contribution in [0.15, 0.2) is 60.8 Å². The van der Waals surface area contributed by atoms with E-state index in [1.165, 1.54) is 27.7 Å². The van der Waals surface area contributed by atoms with Crippen molar-refractivity contribution in [2.45, 2.75) is 289 Å². The van der Waals surface area contributed by atoms with E-state index in [4.69, 9.17) is 22.6 Å². The first-order chi connectivity index (χ1) is 60.1. The summed E-state index contributed by atoms with van der Waals surface area (Å²) in [7, 11) is 0. The number of carbonyl (C=O) groups is 18. The molecule has 2 aromatic carbocycles. The molecule has 0 aliphatic carbocycles. The van der Waals surface area contributed by atoms with Crippen molar-refractivity contribution in [2.24, 2.45) is 40.9 Å². The van der Waals surface area contributed by atoms with Gasteiger partial charge in [-0.2, -0.15) is 0 Å². The number of carbonyl (C=O) groups excluding carboxylic acids is 15. The van der Waals surface area contributed by atoms with Crippen LogP contribution in [0.2, 0.25) is 0 Å². The number of guanidine groups is 1. The number of aromatic nitrogens is 1. The zero-order valence-electron chi connectivity index (χ0n) is 74.9. The molecule has 0 radical (unpaired) electrons. The number of carboxylic acids is 3. The number of rotatable bonds is 57. The normalized spacial score (nSPS) is 16.2. The van der Waals surface area contributed by atoms with Crippen molar-refractivity contribution >= 4 is 123 Å². The molecule has 0 saturated heterocycles. The van der Waals surface area contributed by atoms with Crippen molar-refractivity contribution in [3.05, 3.63) is 71.9 Å². The molecule has 1 heterocycles. The average molecular weight is 1810 g/mol. The fraction of sp³-hybridized carbons (Fsp3) is 0.607. The quantitative estimate of drug-likeness (QED) is 0.0145. The molecular weight excluding hydrogens is 1670 g/mol. The number of nitrogens with one attached hydrogen (secondary N) is 18. The molecule has 712 valence electrons. The number of aliphatic hydroxyl groups is 2. The highest BCUT2D eigenvalue weighted by molar-refractivity contribution is 6.02. The molecule has 0 spiro atoms. The highest BCUT2D eigenvalue weighted by Gasteiger charge is 2.41. The third-order valence-electron chi connectivity index (χ3n) is 21.4. The van der Waals surface area contributed by atoms with Gasteiger partial charge in [-0.1, -0.05) is 123 Å². The van der Waals surface area contributed by atoms with E-state index in [0.29, 0.717) is 28.5 Å². The van der Waals surface area contributed by atoms with Crippen molar-refractivity contribution in [2.75, 3.05) is 13.1 Å². The number of carboxylic acid groups (broad SMARTS) is 3. The smallest absolute Gasteiger partial charge is 0.326 e. The summed E-state index contributed by atoms with van der Waals surface area (Å²) in [5, 5.41) is 98.5. The highest BCUT2D eigenvalue weighted by atomic mass is 16.4. The predicted molar refractivity (Wildman–Crippen MR) is 467 cm³/mol. The lowest BCUT2D eigenvalue weighted by Gasteiger charge is -2.30. The van der Waals surface area contributed by atoms with Gasteiger partial charge in [-0.3, -0.25) is 86.9 Å². The van der Waals surface area contributed by atoms with Gasteiger partial charge in [-0.25, -0.2) is 4.79 Å². The van der Waals surface area contributed by atoms with Crippen LogP contribution in [0.5, 0.6) is 0 Å². The molecule has 0 aliphatic rings. The van der Waals surface area contributed by atoms with E-state index >= 15 is 4.79 Å². The standard InChI is InChI=1S/C84H133N21O23/c1-15-41(6)63(79(123)93-47(12)71(115)104-66(48(13)106)81(125)95-54(30-23-24-32-85)73(117)101-65(43(8)17-3)80(124)105-67(49(14)107)82(126)100-60(83(127)128)38-62(110)111)102-76(120)56(34-40(4)5)97-74(118)58(36-51-39-90-53-29-22-21-28-52(51)53)96-70(114)46(11)92-78(122)64(42(7)16-2)103-77(121)57(35-50-26-19-18-20-27-50)98-75(119)59(37-61(108)109)99-72(116)55(31-25-33-89-84(87)88)94-69(113)45(10)91-68(112)44(9)86/h18-22,26-29,39-49,54-60,63-67,90,106-107H,15-17,23-25,30-38,85-86H2,1-14H3,(H,91,112)(H,92,122)(H,93,123)(H,94,113)(H,95,125)(H,96,114)(H,97,118)(H,98,119)(H,99,116)(H,100,126)(H,101,117)(H,102,120)(H,103,121)(H,104,115)(H,105,124)(H,108,109)(H,110,111)(H,127,128)(H4,87,88,89)/t41-,42-,43-,44-,45-,46-,47-,48+,49+,54-,55-,56-,57-,58-,59-,60-,63-,64-,65-,66-,67-/m0/s1. The number of fused-ring (bicyclic) bond motifs is 1. The van der Waals surface area contributed by atoms with Gasteiger partial charge < -0.3 is 133 Å². The van der Waals surface area contributed by atoms with Crippen LogP contribution < -0.4 is 102 Å². The zero-order chi connectivity index (χ0) is 96.7. The second-order valence-electron chi connectivity index (χ2n) is 32.7. The zero-order valence-corrected chi connectivity index (χ0v) is 74.9. The van der Waals surface area contributed by atoms with Gasteiger partial charge in [0.2, 0.25) is 88.6 Å². The second kappa shape index (κ2) is 54.5. The van der Waals surface area contributed by atoms with Gasteiger partial charge in [0.25, 0.3) is 0 Å². The number of aliphatic carboxylic acids is 3. The summed E-state index contributed by atoms with van der Waals surface area (Å²) in [6.45, 7) is 21.0. The maximum Gasteiger partial charge on any atom is 0.326 e. The van der Waals surface area contributed by atoms with Gasteiger partial charge in [-0.05, 0) is 127 Å². The maximum absolute atomic E-state index is 15.0. The largest absolute Gasteiger partial charge is 0.481 e. The van der Waals surface area contributed by atoms with Crippen LogP contribution in [0.4, 0.5) is 0 Å². The Labute approximate surface area is 742 Å². The summed E-state index contributed by atoms with van der Waals surface area (Å²) >= 11 is 0. The molecule has 44 heteroatoms. The van der Waals surface area contributed by atoms with Gasteiger partial charge in [0, 0.05) is 36.5 Å².